The lowest BCUT2D eigenvalue weighted by atomic mass is 10.0. The Hall–Kier alpha value is -0.0800. The Bertz CT molecular complexity index is 203. The van der Waals surface area contributed by atoms with Crippen molar-refractivity contribution in [1.29, 1.82) is 0 Å². The third-order valence-corrected chi connectivity index (χ3v) is 4.45. The average molecular weight is 210 g/mol. The number of nitrogens with zero attached hydrogens (tertiary/aromatic N) is 1. The fraction of sp³-hybridized carbons (Fsp3) is 1.00. The third kappa shape index (κ3) is 2.73. The molecule has 0 bridgehead atoms. The summed E-state index contributed by atoms with van der Waals surface area (Å²) in [7, 11) is 4.43. The molecule has 0 saturated heterocycles. The van der Waals surface area contributed by atoms with E-state index in [-0.39, 0.29) is 0 Å². The molecule has 2 nitrogen and oxygen atoms in total. The molecule has 0 amide bonds. The summed E-state index contributed by atoms with van der Waals surface area (Å²) < 4.78 is 0. The zero-order valence-electron chi connectivity index (χ0n) is 10.5. The van der Waals surface area contributed by atoms with Gasteiger partial charge in [0.25, 0.3) is 0 Å². The van der Waals surface area contributed by atoms with E-state index in [2.05, 4.69) is 31.2 Å². The molecule has 2 aliphatic rings. The summed E-state index contributed by atoms with van der Waals surface area (Å²) in [5.41, 5.74) is 0. The first-order valence-corrected chi connectivity index (χ1v) is 6.59. The summed E-state index contributed by atoms with van der Waals surface area (Å²) >= 11 is 0. The SMILES string of the molecule is CC1CCCC1NC1CCC(N(C)C)C1. The van der Waals surface area contributed by atoms with E-state index in [9.17, 15) is 0 Å². The Morgan fingerprint density at radius 3 is 2.40 bits per heavy atom. The first-order valence-electron chi connectivity index (χ1n) is 6.59. The first kappa shape index (κ1) is 11.4. The van der Waals surface area contributed by atoms with Gasteiger partial charge in [0.2, 0.25) is 0 Å². The minimum atomic E-state index is 0.794. The molecule has 15 heavy (non-hydrogen) atoms. The van der Waals surface area contributed by atoms with Crippen molar-refractivity contribution in [2.45, 2.75) is 63.6 Å². The molecular formula is C13H26N2. The Morgan fingerprint density at radius 1 is 1.07 bits per heavy atom. The largest absolute Gasteiger partial charge is 0.311 e. The molecule has 0 spiro atoms. The molecule has 88 valence electrons. The van der Waals surface area contributed by atoms with Crippen molar-refractivity contribution in [2.75, 3.05) is 14.1 Å². The second-order valence-electron chi connectivity index (χ2n) is 5.81. The zero-order chi connectivity index (χ0) is 10.8. The molecule has 2 saturated carbocycles. The second kappa shape index (κ2) is 4.84. The van der Waals surface area contributed by atoms with Gasteiger partial charge in [0, 0.05) is 18.1 Å². The van der Waals surface area contributed by atoms with Gasteiger partial charge in [-0.15, -0.1) is 0 Å². The van der Waals surface area contributed by atoms with Gasteiger partial charge in [0.05, 0.1) is 0 Å². The molecule has 2 aliphatic carbocycles. The topological polar surface area (TPSA) is 15.3 Å². The molecule has 2 heteroatoms. The Balaban J connectivity index is 1.77. The van der Waals surface area contributed by atoms with E-state index >= 15 is 0 Å². The lowest BCUT2D eigenvalue weighted by molar-refractivity contribution is 0.287. The van der Waals surface area contributed by atoms with Gasteiger partial charge in [-0.05, 0) is 52.1 Å². The number of rotatable bonds is 3. The van der Waals surface area contributed by atoms with Crippen LogP contribution >= 0.6 is 0 Å². The normalized spacial score (nSPS) is 41.6. The molecule has 0 aromatic carbocycles. The highest BCUT2D eigenvalue weighted by atomic mass is 15.1. The lowest BCUT2D eigenvalue weighted by Crippen LogP contribution is -2.39. The van der Waals surface area contributed by atoms with Crippen LogP contribution in [0.25, 0.3) is 0 Å². The van der Waals surface area contributed by atoms with Crippen LogP contribution in [-0.2, 0) is 0 Å². The van der Waals surface area contributed by atoms with Gasteiger partial charge in [0.15, 0.2) is 0 Å². The van der Waals surface area contributed by atoms with Crippen LogP contribution in [0.2, 0.25) is 0 Å². The van der Waals surface area contributed by atoms with Crippen molar-refractivity contribution in [3.63, 3.8) is 0 Å². The molecule has 0 aromatic rings. The third-order valence-electron chi connectivity index (χ3n) is 4.45. The van der Waals surface area contributed by atoms with Gasteiger partial charge in [-0.1, -0.05) is 13.3 Å². The van der Waals surface area contributed by atoms with Gasteiger partial charge in [-0.3, -0.25) is 0 Å². The van der Waals surface area contributed by atoms with Crippen molar-refractivity contribution in [2.24, 2.45) is 5.92 Å². The van der Waals surface area contributed by atoms with Crippen molar-refractivity contribution < 1.29 is 0 Å². The lowest BCUT2D eigenvalue weighted by Gasteiger charge is -2.23. The minimum absolute atomic E-state index is 0.794. The van der Waals surface area contributed by atoms with E-state index in [1.54, 1.807) is 0 Å². The minimum Gasteiger partial charge on any atom is -0.311 e. The van der Waals surface area contributed by atoms with Crippen LogP contribution in [0.3, 0.4) is 0 Å². The van der Waals surface area contributed by atoms with Crippen LogP contribution in [0, 0.1) is 5.92 Å². The van der Waals surface area contributed by atoms with E-state index < -0.39 is 0 Å². The molecule has 0 aromatic heterocycles. The summed E-state index contributed by atoms with van der Waals surface area (Å²) in [5.74, 6) is 0.906. The highest BCUT2D eigenvalue weighted by molar-refractivity contribution is 4.89. The van der Waals surface area contributed by atoms with E-state index in [1.807, 2.05) is 0 Å². The summed E-state index contributed by atoms with van der Waals surface area (Å²) in [5, 5.41) is 3.89. The monoisotopic (exact) mass is 210 g/mol. The van der Waals surface area contributed by atoms with E-state index in [0.29, 0.717) is 0 Å². The fourth-order valence-corrected chi connectivity index (χ4v) is 3.27. The highest BCUT2D eigenvalue weighted by Crippen LogP contribution is 2.29. The Labute approximate surface area is 94.4 Å². The number of hydrogen-bond acceptors (Lipinski definition) is 2. The molecule has 0 aliphatic heterocycles. The maximum Gasteiger partial charge on any atom is 0.0105 e. The van der Waals surface area contributed by atoms with Crippen molar-refractivity contribution in [1.82, 2.24) is 10.2 Å². The molecule has 4 atom stereocenters. The summed E-state index contributed by atoms with van der Waals surface area (Å²) in [6.45, 7) is 2.41. The van der Waals surface area contributed by atoms with Gasteiger partial charge >= 0.3 is 0 Å². The van der Waals surface area contributed by atoms with Crippen LogP contribution in [0.1, 0.15) is 45.4 Å². The Morgan fingerprint density at radius 2 is 1.87 bits per heavy atom. The van der Waals surface area contributed by atoms with Gasteiger partial charge < -0.3 is 10.2 Å². The first-order chi connectivity index (χ1) is 7.16. The van der Waals surface area contributed by atoms with Gasteiger partial charge in [0.1, 0.15) is 0 Å². The zero-order valence-corrected chi connectivity index (χ0v) is 10.5. The van der Waals surface area contributed by atoms with Gasteiger partial charge in [-0.25, -0.2) is 0 Å². The number of nitrogens with one attached hydrogen (secondary N) is 1. The fourth-order valence-electron chi connectivity index (χ4n) is 3.27. The molecular weight excluding hydrogens is 184 g/mol. The predicted octanol–water partition coefficient (Wildman–Crippen LogP) is 2.25. The second-order valence-corrected chi connectivity index (χ2v) is 5.81. The van der Waals surface area contributed by atoms with Crippen molar-refractivity contribution in [3.8, 4) is 0 Å². The van der Waals surface area contributed by atoms with Crippen LogP contribution in [-0.4, -0.2) is 37.1 Å². The quantitative estimate of drug-likeness (QED) is 0.768. The molecule has 1 N–H and O–H groups in total. The average Bonchev–Trinajstić information content (AvgIpc) is 2.77. The van der Waals surface area contributed by atoms with Crippen molar-refractivity contribution >= 4 is 0 Å². The molecule has 0 radical (unpaired) electrons. The molecule has 2 rings (SSSR count). The highest BCUT2D eigenvalue weighted by Gasteiger charge is 2.30. The van der Waals surface area contributed by atoms with Crippen molar-refractivity contribution in [3.05, 3.63) is 0 Å². The van der Waals surface area contributed by atoms with E-state index in [1.165, 1.54) is 38.5 Å². The molecule has 2 fully saturated rings. The molecule has 0 heterocycles. The smallest absolute Gasteiger partial charge is 0.0105 e. The maximum absolute atomic E-state index is 3.89. The Kier molecular flexibility index (Phi) is 3.68. The number of hydrogen-bond donors (Lipinski definition) is 1. The summed E-state index contributed by atoms with van der Waals surface area (Å²) in [6.07, 6.45) is 8.39. The van der Waals surface area contributed by atoms with E-state index in [4.69, 9.17) is 0 Å². The van der Waals surface area contributed by atoms with E-state index in [0.717, 1.165) is 24.0 Å². The summed E-state index contributed by atoms with van der Waals surface area (Å²) in [4.78, 5) is 2.39. The van der Waals surface area contributed by atoms with Crippen LogP contribution in [0.4, 0.5) is 0 Å². The maximum atomic E-state index is 3.89. The van der Waals surface area contributed by atoms with Crippen LogP contribution in [0.5, 0.6) is 0 Å². The van der Waals surface area contributed by atoms with Gasteiger partial charge in [-0.2, -0.15) is 0 Å². The summed E-state index contributed by atoms with van der Waals surface area (Å²) in [6, 6.07) is 2.43. The predicted molar refractivity (Wildman–Crippen MR) is 65.1 cm³/mol. The van der Waals surface area contributed by atoms with Crippen LogP contribution < -0.4 is 5.32 Å². The molecule has 4 unspecified atom stereocenters. The standard InChI is InChI=1S/C13H26N2/c1-10-5-4-6-13(10)14-11-7-8-12(9-11)15(2)3/h10-14H,4-9H2,1-3H3. The van der Waals surface area contributed by atoms with Crippen LogP contribution in [0.15, 0.2) is 0 Å².